The van der Waals surface area contributed by atoms with Crippen LogP contribution in [0.4, 0.5) is 23.4 Å². The summed E-state index contributed by atoms with van der Waals surface area (Å²) in [5, 5.41) is 0.291. The van der Waals surface area contributed by atoms with E-state index in [-0.39, 0.29) is 47.5 Å². The molecule has 5 rings (SSSR count). The Kier molecular flexibility index (Phi) is 6.80. The summed E-state index contributed by atoms with van der Waals surface area (Å²) in [7, 11) is 1.32. The molecule has 1 atom stereocenters. The van der Waals surface area contributed by atoms with Crippen molar-refractivity contribution in [3.8, 4) is 17.2 Å². The highest BCUT2D eigenvalue weighted by molar-refractivity contribution is 5.98. The fraction of sp³-hybridized carbons (Fsp3) is 0.320. The van der Waals surface area contributed by atoms with Crippen LogP contribution < -0.4 is 15.4 Å². The molecule has 14 heteroatoms. The SMILES string of the molecule is COc1ccc(-c2nc(C(=O)N3CCN(c4ncncc4F)CC3)c([C@H](C)N)o2)c2ccc(C(F)(F)F)nc12. The first-order chi connectivity index (χ1) is 18.6. The van der Waals surface area contributed by atoms with Gasteiger partial charge in [0.15, 0.2) is 23.1 Å². The van der Waals surface area contributed by atoms with E-state index in [9.17, 15) is 22.4 Å². The number of pyridine rings is 1. The van der Waals surface area contributed by atoms with Gasteiger partial charge in [0, 0.05) is 37.1 Å². The van der Waals surface area contributed by atoms with Gasteiger partial charge in [0.1, 0.15) is 23.3 Å². The van der Waals surface area contributed by atoms with E-state index in [4.69, 9.17) is 14.9 Å². The lowest BCUT2D eigenvalue weighted by Gasteiger charge is -2.35. The average molecular weight is 545 g/mol. The van der Waals surface area contributed by atoms with Crippen LogP contribution in [-0.2, 0) is 6.18 Å². The molecule has 0 aliphatic carbocycles. The molecule has 1 aliphatic rings. The number of aromatic nitrogens is 4. The summed E-state index contributed by atoms with van der Waals surface area (Å²) in [6.07, 6.45) is -2.32. The van der Waals surface area contributed by atoms with Crippen molar-refractivity contribution in [3.05, 3.63) is 59.8 Å². The number of ether oxygens (including phenoxy) is 1. The summed E-state index contributed by atoms with van der Waals surface area (Å²) in [5.74, 6) is -0.569. The number of hydrogen-bond acceptors (Lipinski definition) is 9. The molecule has 1 aromatic carbocycles. The molecule has 4 aromatic rings. The monoisotopic (exact) mass is 545 g/mol. The van der Waals surface area contributed by atoms with E-state index in [2.05, 4.69) is 19.9 Å². The Bertz CT molecular complexity index is 1530. The van der Waals surface area contributed by atoms with Gasteiger partial charge in [-0.15, -0.1) is 0 Å². The molecule has 1 aliphatic heterocycles. The first-order valence-electron chi connectivity index (χ1n) is 11.9. The molecule has 0 unspecified atom stereocenters. The minimum atomic E-state index is -4.65. The van der Waals surface area contributed by atoms with Gasteiger partial charge in [0.25, 0.3) is 5.91 Å². The zero-order valence-electron chi connectivity index (χ0n) is 20.9. The molecule has 204 valence electrons. The third-order valence-corrected chi connectivity index (χ3v) is 6.35. The first kappa shape index (κ1) is 26.3. The highest BCUT2D eigenvalue weighted by Crippen LogP contribution is 2.37. The lowest BCUT2D eigenvalue weighted by molar-refractivity contribution is -0.140. The van der Waals surface area contributed by atoms with Crippen molar-refractivity contribution in [2.24, 2.45) is 5.73 Å². The van der Waals surface area contributed by atoms with Crippen LogP contribution in [0.3, 0.4) is 0 Å². The van der Waals surface area contributed by atoms with Gasteiger partial charge in [-0.3, -0.25) is 4.79 Å². The molecule has 1 amide bonds. The van der Waals surface area contributed by atoms with E-state index >= 15 is 0 Å². The van der Waals surface area contributed by atoms with Gasteiger partial charge in [0.2, 0.25) is 5.89 Å². The predicted molar refractivity (Wildman–Crippen MR) is 132 cm³/mol. The Labute approximate surface area is 219 Å². The molecule has 0 radical (unpaired) electrons. The summed E-state index contributed by atoms with van der Waals surface area (Å²) in [6.45, 7) is 2.81. The topological polar surface area (TPSA) is 124 Å². The van der Waals surface area contributed by atoms with Crippen LogP contribution in [0.5, 0.6) is 5.75 Å². The maximum absolute atomic E-state index is 14.1. The van der Waals surface area contributed by atoms with Crippen LogP contribution in [0, 0.1) is 5.82 Å². The fourth-order valence-electron chi connectivity index (χ4n) is 4.42. The maximum atomic E-state index is 14.1. The number of hydrogen-bond donors (Lipinski definition) is 1. The lowest BCUT2D eigenvalue weighted by atomic mass is 10.1. The van der Waals surface area contributed by atoms with Crippen molar-refractivity contribution in [1.82, 2.24) is 24.8 Å². The Balaban J connectivity index is 1.47. The van der Waals surface area contributed by atoms with E-state index < -0.39 is 29.6 Å². The van der Waals surface area contributed by atoms with Crippen molar-refractivity contribution in [2.75, 3.05) is 38.2 Å². The third-order valence-electron chi connectivity index (χ3n) is 6.35. The predicted octanol–water partition coefficient (Wildman–Crippen LogP) is 3.83. The number of alkyl halides is 3. The van der Waals surface area contributed by atoms with Crippen molar-refractivity contribution in [1.29, 1.82) is 0 Å². The normalized spacial score (nSPS) is 15.1. The van der Waals surface area contributed by atoms with Gasteiger partial charge in [-0.25, -0.2) is 24.3 Å². The maximum Gasteiger partial charge on any atom is 0.433 e. The molecule has 39 heavy (non-hydrogen) atoms. The van der Waals surface area contributed by atoms with Crippen LogP contribution in [-0.4, -0.2) is 64.0 Å². The van der Waals surface area contributed by atoms with E-state index in [1.165, 1.54) is 25.6 Å². The molecule has 0 spiro atoms. The third kappa shape index (κ3) is 4.94. The van der Waals surface area contributed by atoms with Crippen LogP contribution in [0.2, 0.25) is 0 Å². The van der Waals surface area contributed by atoms with Gasteiger partial charge >= 0.3 is 6.18 Å². The van der Waals surface area contributed by atoms with Crippen molar-refractivity contribution in [2.45, 2.75) is 19.1 Å². The van der Waals surface area contributed by atoms with E-state index in [0.717, 1.165) is 12.3 Å². The second kappa shape index (κ2) is 10.1. The number of carbonyl (C=O) groups excluding carboxylic acids is 1. The van der Waals surface area contributed by atoms with Crippen molar-refractivity contribution in [3.63, 3.8) is 0 Å². The summed E-state index contributed by atoms with van der Waals surface area (Å²) < 4.78 is 65.1. The van der Waals surface area contributed by atoms with Gasteiger partial charge in [-0.05, 0) is 31.2 Å². The number of anilines is 1. The number of methoxy groups -OCH3 is 1. The van der Waals surface area contributed by atoms with Crippen molar-refractivity contribution >= 4 is 22.6 Å². The van der Waals surface area contributed by atoms with Crippen LogP contribution in [0.1, 0.15) is 34.9 Å². The number of halogens is 4. The van der Waals surface area contributed by atoms with Crippen LogP contribution in [0.15, 0.2) is 41.2 Å². The minimum absolute atomic E-state index is 0.00144. The smallest absolute Gasteiger partial charge is 0.433 e. The second-order valence-corrected chi connectivity index (χ2v) is 8.90. The largest absolute Gasteiger partial charge is 0.494 e. The molecule has 1 fully saturated rings. The summed E-state index contributed by atoms with van der Waals surface area (Å²) in [4.78, 5) is 32.5. The highest BCUT2D eigenvalue weighted by atomic mass is 19.4. The standard InChI is InChI=1S/C25H23F4N7O3/c1-13(30)21-20(24(37)36-9-7-35(8-10-36)22-16(26)11-31-12-32-22)34-23(39-21)15-3-5-17(38-2)19-14(15)4-6-18(33-19)25(27,28)29/h3-6,11-13H,7-10,30H2,1-2H3/t13-/m0/s1. The summed E-state index contributed by atoms with van der Waals surface area (Å²) in [6, 6.07) is 4.42. The number of carbonyl (C=O) groups is 1. The molecular formula is C25H23F4N7O3. The van der Waals surface area contributed by atoms with Crippen molar-refractivity contribution < 1.29 is 31.5 Å². The molecule has 2 N–H and O–H groups in total. The van der Waals surface area contributed by atoms with E-state index in [1.807, 2.05) is 0 Å². The minimum Gasteiger partial charge on any atom is -0.494 e. The fourth-order valence-corrected chi connectivity index (χ4v) is 4.42. The van der Waals surface area contributed by atoms with Gasteiger partial charge in [-0.1, -0.05) is 0 Å². The highest BCUT2D eigenvalue weighted by Gasteiger charge is 2.34. The van der Waals surface area contributed by atoms with Crippen LogP contribution >= 0.6 is 0 Å². The number of rotatable bonds is 5. The van der Waals surface area contributed by atoms with Gasteiger partial charge < -0.3 is 24.7 Å². The number of nitrogens with two attached hydrogens (primary N) is 1. The molecule has 0 bridgehead atoms. The number of amides is 1. The van der Waals surface area contributed by atoms with Crippen LogP contribution in [0.25, 0.3) is 22.4 Å². The number of piperazine rings is 1. The van der Waals surface area contributed by atoms with Gasteiger partial charge in [0.05, 0.1) is 19.3 Å². The molecule has 4 heterocycles. The van der Waals surface area contributed by atoms with E-state index in [1.54, 1.807) is 22.8 Å². The number of fused-ring (bicyclic) bond motifs is 1. The quantitative estimate of drug-likeness (QED) is 0.373. The number of oxazole rings is 1. The Morgan fingerprint density at radius 1 is 1.13 bits per heavy atom. The average Bonchev–Trinajstić information content (AvgIpc) is 3.37. The Hall–Kier alpha value is -4.33. The molecule has 1 saturated heterocycles. The first-order valence-corrected chi connectivity index (χ1v) is 11.9. The summed E-state index contributed by atoms with van der Waals surface area (Å²) in [5.41, 5.74) is 5.28. The summed E-state index contributed by atoms with van der Waals surface area (Å²) >= 11 is 0. The zero-order chi connectivity index (χ0) is 27.9. The van der Waals surface area contributed by atoms with E-state index in [0.29, 0.717) is 24.0 Å². The molecule has 0 saturated carbocycles. The van der Waals surface area contributed by atoms with Gasteiger partial charge in [-0.2, -0.15) is 13.2 Å². The number of benzene rings is 1. The second-order valence-electron chi connectivity index (χ2n) is 8.90. The Morgan fingerprint density at radius 2 is 1.87 bits per heavy atom. The molecule has 10 nitrogen and oxygen atoms in total. The lowest BCUT2D eigenvalue weighted by Crippen LogP contribution is -2.49. The zero-order valence-corrected chi connectivity index (χ0v) is 20.9. The molecular weight excluding hydrogens is 522 g/mol. The Morgan fingerprint density at radius 3 is 2.51 bits per heavy atom. The number of nitrogens with zero attached hydrogens (tertiary/aromatic N) is 6. The molecule has 3 aromatic heterocycles.